The monoisotopic (exact) mass is 391 g/mol. The first-order chi connectivity index (χ1) is 11.9. The molecule has 0 radical (unpaired) electrons. The topological polar surface area (TPSA) is 29.5 Å². The molecular formula is C19H25ClF3NO2. The largest absolute Gasteiger partial charge is 0.416 e. The molecule has 1 aromatic rings. The SMILES string of the molecule is Cl.O=C1CCN([C@@H]2CCCC[C@H]2OCCc2ccccc2C(F)(F)F)C1. The third kappa shape index (κ3) is 5.21. The molecule has 1 aliphatic carbocycles. The molecule has 2 fully saturated rings. The first-order valence-electron chi connectivity index (χ1n) is 8.97. The Labute approximate surface area is 158 Å². The van der Waals surface area contributed by atoms with E-state index in [-0.39, 0.29) is 48.9 Å². The zero-order valence-corrected chi connectivity index (χ0v) is 15.5. The predicted molar refractivity (Wildman–Crippen MR) is 95.6 cm³/mol. The van der Waals surface area contributed by atoms with Crippen LogP contribution in [0.25, 0.3) is 0 Å². The number of benzene rings is 1. The van der Waals surface area contributed by atoms with Crippen LogP contribution in [0.3, 0.4) is 0 Å². The van der Waals surface area contributed by atoms with Crippen molar-refractivity contribution in [1.29, 1.82) is 0 Å². The summed E-state index contributed by atoms with van der Waals surface area (Å²) < 4.78 is 45.2. The van der Waals surface area contributed by atoms with Gasteiger partial charge in [-0.3, -0.25) is 9.69 Å². The number of carbonyl (C=O) groups is 1. The van der Waals surface area contributed by atoms with Gasteiger partial charge < -0.3 is 4.74 Å². The van der Waals surface area contributed by atoms with Gasteiger partial charge in [-0.25, -0.2) is 0 Å². The Morgan fingerprint density at radius 2 is 1.88 bits per heavy atom. The number of ether oxygens (including phenoxy) is 1. The summed E-state index contributed by atoms with van der Waals surface area (Å²) in [6, 6.07) is 5.90. The van der Waals surface area contributed by atoms with Crippen LogP contribution in [0.5, 0.6) is 0 Å². The molecular weight excluding hydrogens is 367 g/mol. The molecule has 0 amide bonds. The molecule has 146 valence electrons. The second-order valence-corrected chi connectivity index (χ2v) is 6.93. The van der Waals surface area contributed by atoms with Crippen LogP contribution in [0.2, 0.25) is 0 Å². The highest BCUT2D eigenvalue weighted by Gasteiger charge is 2.35. The Morgan fingerprint density at radius 3 is 2.58 bits per heavy atom. The van der Waals surface area contributed by atoms with E-state index in [2.05, 4.69) is 4.90 Å². The number of likely N-dealkylation sites (tertiary alicyclic amines) is 1. The van der Waals surface area contributed by atoms with Gasteiger partial charge in [0.15, 0.2) is 0 Å². The van der Waals surface area contributed by atoms with Gasteiger partial charge in [0.1, 0.15) is 5.78 Å². The van der Waals surface area contributed by atoms with Gasteiger partial charge in [0.05, 0.1) is 24.8 Å². The molecule has 0 unspecified atom stereocenters. The van der Waals surface area contributed by atoms with Crippen LogP contribution in [0, 0.1) is 0 Å². The quantitative estimate of drug-likeness (QED) is 0.750. The van der Waals surface area contributed by atoms with E-state index in [4.69, 9.17) is 4.74 Å². The second kappa shape index (κ2) is 9.20. The smallest absolute Gasteiger partial charge is 0.376 e. The predicted octanol–water partition coefficient (Wildman–Crippen LogP) is 4.27. The molecule has 1 aliphatic heterocycles. The summed E-state index contributed by atoms with van der Waals surface area (Å²) in [5.41, 5.74) is -0.303. The van der Waals surface area contributed by atoms with Crippen molar-refractivity contribution in [3.8, 4) is 0 Å². The molecule has 0 aromatic heterocycles. The van der Waals surface area contributed by atoms with Crippen LogP contribution in [0.1, 0.15) is 43.2 Å². The summed E-state index contributed by atoms with van der Waals surface area (Å²) in [6.07, 6.45) is 0.624. The molecule has 2 atom stereocenters. The van der Waals surface area contributed by atoms with Crippen molar-refractivity contribution in [3.63, 3.8) is 0 Å². The minimum Gasteiger partial charge on any atom is -0.376 e. The molecule has 1 aromatic carbocycles. The maximum absolute atomic E-state index is 13.1. The minimum atomic E-state index is -4.33. The molecule has 2 aliphatic rings. The Balaban J connectivity index is 0.00000243. The van der Waals surface area contributed by atoms with E-state index in [0.717, 1.165) is 38.3 Å². The van der Waals surface area contributed by atoms with Crippen molar-refractivity contribution in [1.82, 2.24) is 4.90 Å². The second-order valence-electron chi connectivity index (χ2n) is 6.93. The third-order valence-corrected chi connectivity index (χ3v) is 5.22. The number of Topliss-reactive ketones (excluding diaryl/α,β-unsaturated/α-hetero) is 1. The van der Waals surface area contributed by atoms with E-state index in [1.165, 1.54) is 12.1 Å². The third-order valence-electron chi connectivity index (χ3n) is 5.22. The molecule has 0 bridgehead atoms. The van der Waals surface area contributed by atoms with Gasteiger partial charge in [-0.05, 0) is 30.9 Å². The lowest BCUT2D eigenvalue weighted by Gasteiger charge is -2.37. The summed E-state index contributed by atoms with van der Waals surface area (Å²) in [6.45, 7) is 1.54. The van der Waals surface area contributed by atoms with Crippen LogP contribution in [0.4, 0.5) is 13.2 Å². The summed E-state index contributed by atoms with van der Waals surface area (Å²) in [5.74, 6) is 0.267. The zero-order chi connectivity index (χ0) is 17.9. The molecule has 1 heterocycles. The standard InChI is InChI=1S/C19H24F3NO2.ClH/c20-19(21,22)16-6-2-1-5-14(16)10-12-25-18-8-4-3-7-17(18)23-11-9-15(24)13-23;/h1-2,5-6,17-18H,3-4,7-13H2;1H/t17-,18-;/m1./s1. The summed E-state index contributed by atoms with van der Waals surface area (Å²) in [7, 11) is 0. The molecule has 0 N–H and O–H groups in total. The van der Waals surface area contributed by atoms with Gasteiger partial charge in [0.2, 0.25) is 0 Å². The van der Waals surface area contributed by atoms with Crippen LogP contribution in [-0.2, 0) is 22.1 Å². The van der Waals surface area contributed by atoms with Gasteiger partial charge in [0.25, 0.3) is 0 Å². The van der Waals surface area contributed by atoms with Crippen molar-refractivity contribution in [2.75, 3.05) is 19.7 Å². The lowest BCUT2D eigenvalue weighted by molar-refractivity contribution is -0.138. The number of hydrogen-bond acceptors (Lipinski definition) is 3. The van der Waals surface area contributed by atoms with E-state index in [1.54, 1.807) is 6.07 Å². The fourth-order valence-corrected chi connectivity index (χ4v) is 3.96. The highest BCUT2D eigenvalue weighted by atomic mass is 35.5. The van der Waals surface area contributed by atoms with Crippen molar-refractivity contribution < 1.29 is 22.7 Å². The Bertz CT molecular complexity index is 609. The lowest BCUT2D eigenvalue weighted by atomic mass is 9.91. The highest BCUT2D eigenvalue weighted by Crippen LogP contribution is 2.32. The number of carbonyl (C=O) groups excluding carboxylic acids is 1. The Kier molecular flexibility index (Phi) is 7.50. The van der Waals surface area contributed by atoms with Gasteiger partial charge in [0, 0.05) is 19.0 Å². The van der Waals surface area contributed by atoms with Crippen LogP contribution < -0.4 is 0 Å². The fraction of sp³-hybridized carbons (Fsp3) is 0.632. The maximum atomic E-state index is 13.1. The van der Waals surface area contributed by atoms with E-state index in [1.807, 2.05) is 0 Å². The van der Waals surface area contributed by atoms with Crippen molar-refractivity contribution in [2.24, 2.45) is 0 Å². The lowest BCUT2D eigenvalue weighted by Crippen LogP contribution is -2.45. The molecule has 1 saturated carbocycles. The number of rotatable bonds is 5. The van der Waals surface area contributed by atoms with E-state index in [0.29, 0.717) is 13.0 Å². The fourth-order valence-electron chi connectivity index (χ4n) is 3.96. The normalized spacial score (nSPS) is 24.5. The Hall–Kier alpha value is -1.11. The molecule has 3 nitrogen and oxygen atoms in total. The average Bonchev–Trinajstić information content (AvgIpc) is 3.01. The number of alkyl halides is 3. The zero-order valence-electron chi connectivity index (χ0n) is 14.6. The summed E-state index contributed by atoms with van der Waals surface area (Å²) >= 11 is 0. The van der Waals surface area contributed by atoms with Crippen LogP contribution in [0.15, 0.2) is 24.3 Å². The maximum Gasteiger partial charge on any atom is 0.416 e. The molecule has 26 heavy (non-hydrogen) atoms. The highest BCUT2D eigenvalue weighted by molar-refractivity contribution is 5.85. The van der Waals surface area contributed by atoms with E-state index in [9.17, 15) is 18.0 Å². The molecule has 3 rings (SSSR count). The van der Waals surface area contributed by atoms with Crippen molar-refractivity contribution in [3.05, 3.63) is 35.4 Å². The molecule has 7 heteroatoms. The van der Waals surface area contributed by atoms with Gasteiger partial charge in [-0.1, -0.05) is 31.0 Å². The summed E-state index contributed by atoms with van der Waals surface area (Å²) in [4.78, 5) is 13.7. The summed E-state index contributed by atoms with van der Waals surface area (Å²) in [5, 5.41) is 0. The van der Waals surface area contributed by atoms with Gasteiger partial charge in [-0.2, -0.15) is 13.2 Å². The van der Waals surface area contributed by atoms with Crippen molar-refractivity contribution in [2.45, 2.75) is 56.8 Å². The average molecular weight is 392 g/mol. The first kappa shape index (κ1) is 21.2. The number of hydrogen-bond donors (Lipinski definition) is 0. The van der Waals surface area contributed by atoms with Crippen LogP contribution >= 0.6 is 12.4 Å². The van der Waals surface area contributed by atoms with Gasteiger partial charge in [-0.15, -0.1) is 12.4 Å². The van der Waals surface area contributed by atoms with E-state index < -0.39 is 11.7 Å². The Morgan fingerprint density at radius 1 is 1.15 bits per heavy atom. The minimum absolute atomic E-state index is 0. The first-order valence-corrected chi connectivity index (χ1v) is 8.97. The number of halogens is 4. The van der Waals surface area contributed by atoms with Crippen molar-refractivity contribution >= 4 is 18.2 Å². The van der Waals surface area contributed by atoms with Crippen LogP contribution in [-0.4, -0.2) is 42.5 Å². The molecule has 1 saturated heterocycles. The number of ketones is 1. The number of nitrogens with zero attached hydrogens (tertiary/aromatic N) is 1. The molecule has 0 spiro atoms. The van der Waals surface area contributed by atoms with Gasteiger partial charge >= 0.3 is 6.18 Å². The van der Waals surface area contributed by atoms with E-state index >= 15 is 0 Å².